The first kappa shape index (κ1) is 23.4. The Morgan fingerprint density at radius 3 is 2.45 bits per heavy atom. The quantitative estimate of drug-likeness (QED) is 0.481. The van der Waals surface area contributed by atoms with E-state index in [9.17, 15) is 18.0 Å². The van der Waals surface area contributed by atoms with E-state index in [-0.39, 0.29) is 23.5 Å². The fraction of sp³-hybridized carbons (Fsp3) is 0.545. The molecule has 0 saturated carbocycles. The summed E-state index contributed by atoms with van der Waals surface area (Å²) in [4.78, 5) is 23.8. The highest BCUT2D eigenvalue weighted by Crippen LogP contribution is 2.21. The van der Waals surface area contributed by atoms with Gasteiger partial charge in [-0.1, -0.05) is 25.0 Å². The second kappa shape index (κ2) is 11.4. The molecule has 31 heavy (non-hydrogen) atoms. The number of hydrogen-bond donors (Lipinski definition) is 1. The van der Waals surface area contributed by atoms with Crippen molar-refractivity contribution in [1.29, 1.82) is 0 Å². The summed E-state index contributed by atoms with van der Waals surface area (Å²) >= 11 is 0. The zero-order valence-corrected chi connectivity index (χ0v) is 18.4. The lowest BCUT2D eigenvalue weighted by Gasteiger charge is -2.19. The van der Waals surface area contributed by atoms with Crippen molar-refractivity contribution in [2.45, 2.75) is 49.5 Å². The summed E-state index contributed by atoms with van der Waals surface area (Å²) in [5.74, 6) is -1.02. The van der Waals surface area contributed by atoms with Crippen molar-refractivity contribution >= 4 is 28.0 Å². The van der Waals surface area contributed by atoms with Gasteiger partial charge in [0.1, 0.15) is 0 Å². The number of nitrogens with one attached hydrogen (secondary N) is 1. The molecule has 0 spiro atoms. The van der Waals surface area contributed by atoms with Crippen LogP contribution in [0.25, 0.3) is 6.08 Å². The zero-order chi connectivity index (χ0) is 22.1. The molecule has 1 atom stereocenters. The second-order valence-electron chi connectivity index (χ2n) is 7.77. The average Bonchev–Trinajstić information content (AvgIpc) is 3.14. The average molecular weight is 451 g/mol. The van der Waals surface area contributed by atoms with Gasteiger partial charge in [-0.25, -0.2) is 13.2 Å². The van der Waals surface area contributed by atoms with Gasteiger partial charge < -0.3 is 14.8 Å². The largest absolute Gasteiger partial charge is 0.452 e. The van der Waals surface area contributed by atoms with Gasteiger partial charge in [0.25, 0.3) is 5.91 Å². The maximum atomic E-state index is 12.8. The van der Waals surface area contributed by atoms with Crippen molar-refractivity contribution in [2.75, 3.05) is 32.8 Å². The van der Waals surface area contributed by atoms with Crippen LogP contribution in [-0.4, -0.2) is 63.6 Å². The van der Waals surface area contributed by atoms with Crippen LogP contribution in [-0.2, 0) is 29.1 Å². The Labute approximate surface area is 183 Å². The van der Waals surface area contributed by atoms with Gasteiger partial charge in [0.05, 0.1) is 11.0 Å². The molecule has 1 aromatic carbocycles. The third-order valence-corrected chi connectivity index (χ3v) is 7.30. The normalized spacial score (nSPS) is 20.5. The van der Waals surface area contributed by atoms with Gasteiger partial charge in [-0.05, 0) is 49.5 Å². The second-order valence-corrected chi connectivity index (χ2v) is 9.71. The summed E-state index contributed by atoms with van der Waals surface area (Å²) in [7, 11) is -3.50. The molecule has 9 heteroatoms. The van der Waals surface area contributed by atoms with Crippen LogP contribution >= 0.6 is 0 Å². The summed E-state index contributed by atoms with van der Waals surface area (Å²) in [6.45, 7) is 1.88. The maximum Gasteiger partial charge on any atom is 0.331 e. The highest BCUT2D eigenvalue weighted by molar-refractivity contribution is 7.89. The number of ether oxygens (including phenoxy) is 2. The van der Waals surface area contributed by atoms with Crippen molar-refractivity contribution in [3.8, 4) is 0 Å². The van der Waals surface area contributed by atoms with Gasteiger partial charge in [-0.2, -0.15) is 4.31 Å². The first-order chi connectivity index (χ1) is 14.9. The van der Waals surface area contributed by atoms with E-state index in [1.54, 1.807) is 28.6 Å². The van der Waals surface area contributed by atoms with E-state index in [1.807, 2.05) is 0 Å². The molecule has 8 nitrogen and oxygen atoms in total. The predicted octanol–water partition coefficient (Wildman–Crippen LogP) is 2.10. The van der Waals surface area contributed by atoms with Crippen LogP contribution in [0, 0.1) is 0 Å². The number of benzene rings is 1. The molecule has 1 unspecified atom stereocenters. The summed E-state index contributed by atoms with van der Waals surface area (Å²) in [6.07, 6.45) is 8.56. The molecule has 2 aliphatic heterocycles. The van der Waals surface area contributed by atoms with Crippen LogP contribution in [0.15, 0.2) is 35.2 Å². The summed E-state index contributed by atoms with van der Waals surface area (Å²) < 4.78 is 37.5. The standard InChI is InChI=1S/C22H30N2O6S/c25-21(23-16-19-6-5-15-29-19)17-30-22(26)12-9-18-7-10-20(11-8-18)31(27,28)24-13-3-1-2-4-14-24/h7-12,19H,1-6,13-17H2,(H,23,25)/b12-9+. The third kappa shape index (κ3) is 7.15. The molecule has 2 saturated heterocycles. The first-order valence-corrected chi connectivity index (χ1v) is 12.2. The Bertz CT molecular complexity index is 868. The number of esters is 1. The van der Waals surface area contributed by atoms with Crippen LogP contribution in [0.1, 0.15) is 44.1 Å². The Hall–Kier alpha value is -2.23. The van der Waals surface area contributed by atoms with Gasteiger partial charge in [-0.3, -0.25) is 4.79 Å². The van der Waals surface area contributed by atoms with Crippen LogP contribution in [0.2, 0.25) is 0 Å². The number of hydrogen-bond acceptors (Lipinski definition) is 6. The van der Waals surface area contributed by atoms with E-state index >= 15 is 0 Å². The van der Waals surface area contributed by atoms with Crippen molar-refractivity contribution in [3.05, 3.63) is 35.9 Å². The van der Waals surface area contributed by atoms with Gasteiger partial charge >= 0.3 is 5.97 Å². The van der Waals surface area contributed by atoms with Crippen LogP contribution < -0.4 is 5.32 Å². The SMILES string of the molecule is O=C(COC(=O)/C=C/c1ccc(S(=O)(=O)N2CCCCCC2)cc1)NCC1CCCO1. The molecule has 0 radical (unpaired) electrons. The smallest absolute Gasteiger partial charge is 0.331 e. The van der Waals surface area contributed by atoms with Crippen molar-refractivity contribution in [2.24, 2.45) is 0 Å². The van der Waals surface area contributed by atoms with E-state index in [0.29, 0.717) is 31.8 Å². The Morgan fingerprint density at radius 2 is 1.81 bits per heavy atom. The third-order valence-electron chi connectivity index (χ3n) is 5.39. The van der Waals surface area contributed by atoms with E-state index in [0.717, 1.165) is 38.5 Å². The zero-order valence-electron chi connectivity index (χ0n) is 17.6. The Balaban J connectivity index is 1.46. The highest BCUT2D eigenvalue weighted by Gasteiger charge is 2.24. The number of carbonyl (C=O) groups excluding carboxylic acids is 2. The lowest BCUT2D eigenvalue weighted by Crippen LogP contribution is -2.34. The Kier molecular flexibility index (Phi) is 8.62. The van der Waals surface area contributed by atoms with Crippen LogP contribution in [0.5, 0.6) is 0 Å². The molecule has 0 aromatic heterocycles. The fourth-order valence-electron chi connectivity index (χ4n) is 3.62. The molecule has 170 valence electrons. The van der Waals surface area contributed by atoms with Crippen LogP contribution in [0.4, 0.5) is 0 Å². The maximum absolute atomic E-state index is 12.8. The van der Waals surface area contributed by atoms with Crippen molar-refractivity contribution in [3.63, 3.8) is 0 Å². The topological polar surface area (TPSA) is 102 Å². The van der Waals surface area contributed by atoms with Crippen LogP contribution in [0.3, 0.4) is 0 Å². The van der Waals surface area contributed by atoms with E-state index in [1.165, 1.54) is 12.2 Å². The van der Waals surface area contributed by atoms with Gasteiger partial charge in [0.2, 0.25) is 10.0 Å². The van der Waals surface area contributed by atoms with Crippen molar-refractivity contribution in [1.82, 2.24) is 9.62 Å². The minimum Gasteiger partial charge on any atom is -0.452 e. The number of rotatable bonds is 8. The predicted molar refractivity (Wildman–Crippen MR) is 116 cm³/mol. The molecular formula is C22H30N2O6S. The lowest BCUT2D eigenvalue weighted by molar-refractivity contribution is -0.143. The fourth-order valence-corrected chi connectivity index (χ4v) is 5.13. The lowest BCUT2D eigenvalue weighted by atomic mass is 10.2. The molecule has 3 rings (SSSR count). The van der Waals surface area contributed by atoms with E-state index < -0.39 is 16.0 Å². The van der Waals surface area contributed by atoms with Gasteiger partial charge in [-0.15, -0.1) is 0 Å². The molecule has 1 aromatic rings. The summed E-state index contributed by atoms with van der Waals surface area (Å²) in [6, 6.07) is 6.37. The van der Waals surface area contributed by atoms with Crippen molar-refractivity contribution < 1.29 is 27.5 Å². The minimum atomic E-state index is -3.50. The summed E-state index contributed by atoms with van der Waals surface area (Å²) in [5.41, 5.74) is 0.662. The summed E-state index contributed by atoms with van der Waals surface area (Å²) in [5, 5.41) is 2.68. The number of sulfonamides is 1. The van der Waals surface area contributed by atoms with E-state index in [2.05, 4.69) is 5.32 Å². The molecule has 0 bridgehead atoms. The highest BCUT2D eigenvalue weighted by atomic mass is 32.2. The number of amides is 1. The number of nitrogens with zero attached hydrogens (tertiary/aromatic N) is 1. The van der Waals surface area contributed by atoms with Gasteiger partial charge in [0.15, 0.2) is 6.61 Å². The molecule has 2 heterocycles. The monoisotopic (exact) mass is 450 g/mol. The minimum absolute atomic E-state index is 0.0330. The molecule has 0 aliphatic carbocycles. The molecule has 1 amide bonds. The van der Waals surface area contributed by atoms with Gasteiger partial charge in [0, 0.05) is 32.3 Å². The molecular weight excluding hydrogens is 420 g/mol. The van der Waals surface area contributed by atoms with E-state index in [4.69, 9.17) is 9.47 Å². The number of carbonyl (C=O) groups is 2. The Morgan fingerprint density at radius 1 is 1.10 bits per heavy atom. The molecule has 1 N–H and O–H groups in total. The molecule has 2 aliphatic rings. The molecule has 2 fully saturated rings. The first-order valence-electron chi connectivity index (χ1n) is 10.8.